The van der Waals surface area contributed by atoms with Crippen molar-refractivity contribution in [3.63, 3.8) is 0 Å². The molecule has 1 unspecified atom stereocenters. The average molecular weight is 355 g/mol. The minimum Gasteiger partial charge on any atom is -0.294 e. The number of benzene rings is 2. The van der Waals surface area contributed by atoms with Gasteiger partial charge in [-0.15, -0.1) is 0 Å². The van der Waals surface area contributed by atoms with E-state index in [0.29, 0.717) is 11.1 Å². The largest absolute Gasteiger partial charge is 0.294 e. The van der Waals surface area contributed by atoms with Crippen molar-refractivity contribution in [2.24, 2.45) is 11.8 Å². The van der Waals surface area contributed by atoms with Crippen molar-refractivity contribution in [2.45, 2.75) is 25.7 Å². The fourth-order valence-corrected chi connectivity index (χ4v) is 4.36. The summed E-state index contributed by atoms with van der Waals surface area (Å²) >= 11 is 0. The van der Waals surface area contributed by atoms with Gasteiger partial charge in [0.05, 0.1) is 22.3 Å². The maximum Gasteiger partial charge on any atom is 0.179 e. The van der Waals surface area contributed by atoms with Crippen LogP contribution in [0.15, 0.2) is 53.4 Å². The Morgan fingerprint density at radius 2 is 1.76 bits per heavy atom. The Balaban J connectivity index is 2.33. The zero-order valence-electron chi connectivity index (χ0n) is 14.6. The van der Waals surface area contributed by atoms with Gasteiger partial charge in [-0.05, 0) is 37.1 Å². The van der Waals surface area contributed by atoms with Crippen LogP contribution in [0.4, 0.5) is 0 Å². The summed E-state index contributed by atoms with van der Waals surface area (Å²) in [5.74, 6) is -1.30. The molecule has 0 saturated heterocycles. The van der Waals surface area contributed by atoms with Gasteiger partial charge in [-0.25, -0.2) is 8.42 Å². The molecular weight excluding hydrogens is 334 g/mol. The van der Waals surface area contributed by atoms with Crippen LogP contribution in [0, 0.1) is 30.1 Å². The molecule has 5 heteroatoms. The third-order valence-corrected chi connectivity index (χ3v) is 5.99. The molecule has 130 valence electrons. The Hall–Kier alpha value is -2.45. The van der Waals surface area contributed by atoms with Crippen LogP contribution < -0.4 is 0 Å². The maximum absolute atomic E-state index is 12.8. The highest BCUT2D eigenvalue weighted by Gasteiger charge is 2.30. The Labute approximate surface area is 149 Å². The van der Waals surface area contributed by atoms with Gasteiger partial charge in [-0.1, -0.05) is 43.7 Å². The number of ketones is 1. The predicted octanol–water partition coefficient (Wildman–Crippen LogP) is 3.80. The molecule has 0 heterocycles. The fourth-order valence-electron chi connectivity index (χ4n) is 2.61. The van der Waals surface area contributed by atoms with E-state index < -0.39 is 15.8 Å². The van der Waals surface area contributed by atoms with Gasteiger partial charge in [-0.3, -0.25) is 4.79 Å². The standard InChI is InChI=1S/C20H21NO3S/c1-14(2)19(20(22)17-6-4-5-16(11-17)12-21)13-25(23,24)18-9-7-15(3)8-10-18/h4-11,14,19H,13H2,1-3H3. The van der Waals surface area contributed by atoms with Gasteiger partial charge in [0.25, 0.3) is 0 Å². The number of sulfone groups is 1. The molecule has 1 atom stereocenters. The third-order valence-electron chi connectivity index (χ3n) is 4.20. The summed E-state index contributed by atoms with van der Waals surface area (Å²) < 4.78 is 25.4. The van der Waals surface area contributed by atoms with Crippen LogP contribution in [0.3, 0.4) is 0 Å². The van der Waals surface area contributed by atoms with Crippen LogP contribution in [0.25, 0.3) is 0 Å². The van der Waals surface area contributed by atoms with E-state index in [1.807, 2.05) is 26.8 Å². The Kier molecular flexibility index (Phi) is 5.76. The second-order valence-corrected chi connectivity index (χ2v) is 8.54. The SMILES string of the molecule is Cc1ccc(S(=O)(=O)CC(C(=O)c2cccc(C#N)c2)C(C)C)cc1. The lowest BCUT2D eigenvalue weighted by Crippen LogP contribution is -2.28. The topological polar surface area (TPSA) is 75.0 Å². The van der Waals surface area contributed by atoms with Crippen molar-refractivity contribution in [3.8, 4) is 6.07 Å². The molecule has 2 rings (SSSR count). The molecule has 2 aromatic rings. The molecule has 25 heavy (non-hydrogen) atoms. The van der Waals surface area contributed by atoms with E-state index in [0.717, 1.165) is 5.56 Å². The van der Waals surface area contributed by atoms with Gasteiger partial charge in [0.1, 0.15) is 0 Å². The highest BCUT2D eigenvalue weighted by atomic mass is 32.2. The lowest BCUT2D eigenvalue weighted by atomic mass is 9.89. The maximum atomic E-state index is 12.8. The molecule has 2 aromatic carbocycles. The summed E-state index contributed by atoms with van der Waals surface area (Å²) in [5.41, 5.74) is 1.73. The summed E-state index contributed by atoms with van der Waals surface area (Å²) in [7, 11) is -3.58. The first-order chi connectivity index (χ1) is 11.7. The molecule has 0 radical (unpaired) electrons. The van der Waals surface area contributed by atoms with Gasteiger partial charge in [0.2, 0.25) is 0 Å². The van der Waals surface area contributed by atoms with Crippen molar-refractivity contribution < 1.29 is 13.2 Å². The van der Waals surface area contributed by atoms with Crippen molar-refractivity contribution in [3.05, 3.63) is 65.2 Å². The zero-order chi connectivity index (χ0) is 18.6. The van der Waals surface area contributed by atoms with Crippen molar-refractivity contribution in [2.75, 3.05) is 5.75 Å². The second-order valence-electron chi connectivity index (χ2n) is 6.50. The highest BCUT2D eigenvalue weighted by Crippen LogP contribution is 2.24. The molecular formula is C20H21NO3S. The number of nitrogens with zero attached hydrogens (tertiary/aromatic N) is 1. The van der Waals surface area contributed by atoms with Gasteiger partial charge in [0.15, 0.2) is 15.6 Å². The summed E-state index contributed by atoms with van der Waals surface area (Å²) in [6.07, 6.45) is 0. The molecule has 0 aromatic heterocycles. The average Bonchev–Trinajstić information content (AvgIpc) is 2.59. The number of carbonyl (C=O) groups excluding carboxylic acids is 1. The van der Waals surface area contributed by atoms with Crippen LogP contribution in [-0.4, -0.2) is 20.0 Å². The first-order valence-corrected chi connectivity index (χ1v) is 9.73. The minimum atomic E-state index is -3.58. The molecule has 0 amide bonds. The molecule has 0 saturated carbocycles. The minimum absolute atomic E-state index is 0.140. The van der Waals surface area contributed by atoms with E-state index in [1.165, 1.54) is 6.07 Å². The quantitative estimate of drug-likeness (QED) is 0.739. The van der Waals surface area contributed by atoms with Crippen LogP contribution >= 0.6 is 0 Å². The second kappa shape index (κ2) is 7.62. The first kappa shape index (κ1) is 18.9. The first-order valence-electron chi connectivity index (χ1n) is 8.08. The highest BCUT2D eigenvalue weighted by molar-refractivity contribution is 7.91. The third kappa shape index (κ3) is 4.55. The van der Waals surface area contributed by atoms with E-state index in [1.54, 1.807) is 42.5 Å². The number of rotatable bonds is 6. The predicted molar refractivity (Wildman–Crippen MR) is 97.0 cm³/mol. The molecule has 0 aliphatic rings. The van der Waals surface area contributed by atoms with Gasteiger partial charge < -0.3 is 0 Å². The number of hydrogen-bond donors (Lipinski definition) is 0. The van der Waals surface area contributed by atoms with E-state index in [4.69, 9.17) is 5.26 Å². The van der Waals surface area contributed by atoms with Crippen LogP contribution in [0.2, 0.25) is 0 Å². The summed E-state index contributed by atoms with van der Waals surface area (Å²) in [6.45, 7) is 5.56. The summed E-state index contributed by atoms with van der Waals surface area (Å²) in [4.78, 5) is 13.1. The van der Waals surface area contributed by atoms with Crippen LogP contribution in [0.1, 0.15) is 35.3 Å². The zero-order valence-corrected chi connectivity index (χ0v) is 15.4. The van der Waals surface area contributed by atoms with Crippen molar-refractivity contribution in [1.82, 2.24) is 0 Å². The number of hydrogen-bond acceptors (Lipinski definition) is 4. The van der Waals surface area contributed by atoms with Gasteiger partial charge >= 0.3 is 0 Å². The molecule has 4 nitrogen and oxygen atoms in total. The van der Waals surface area contributed by atoms with Crippen LogP contribution in [0.5, 0.6) is 0 Å². The van der Waals surface area contributed by atoms with Gasteiger partial charge in [0, 0.05) is 11.5 Å². The molecule has 0 aliphatic heterocycles. The van der Waals surface area contributed by atoms with E-state index in [-0.39, 0.29) is 22.3 Å². The lowest BCUT2D eigenvalue weighted by Gasteiger charge is -2.20. The number of carbonyl (C=O) groups is 1. The number of aryl methyl sites for hydroxylation is 1. The molecule has 0 aliphatic carbocycles. The van der Waals surface area contributed by atoms with E-state index in [2.05, 4.69) is 0 Å². The smallest absolute Gasteiger partial charge is 0.179 e. The number of Topliss-reactive ketones (excluding diaryl/α,β-unsaturated/α-hetero) is 1. The molecule has 0 bridgehead atoms. The van der Waals surface area contributed by atoms with E-state index in [9.17, 15) is 13.2 Å². The van der Waals surface area contributed by atoms with Crippen molar-refractivity contribution >= 4 is 15.6 Å². The van der Waals surface area contributed by atoms with Crippen LogP contribution in [-0.2, 0) is 9.84 Å². The Bertz CT molecular complexity index is 907. The molecule has 0 fully saturated rings. The number of nitriles is 1. The lowest BCUT2D eigenvalue weighted by molar-refractivity contribution is 0.0901. The Morgan fingerprint density at radius 1 is 1.12 bits per heavy atom. The van der Waals surface area contributed by atoms with Crippen molar-refractivity contribution in [1.29, 1.82) is 5.26 Å². The molecule has 0 spiro atoms. The summed E-state index contributed by atoms with van der Waals surface area (Å²) in [5, 5.41) is 8.99. The fraction of sp³-hybridized carbons (Fsp3) is 0.300. The van der Waals surface area contributed by atoms with Gasteiger partial charge in [-0.2, -0.15) is 5.26 Å². The molecule has 0 N–H and O–H groups in total. The monoisotopic (exact) mass is 355 g/mol. The normalized spacial score (nSPS) is 12.6. The summed E-state index contributed by atoms with van der Waals surface area (Å²) in [6, 6.07) is 15.0. The Morgan fingerprint density at radius 3 is 2.32 bits per heavy atom. The van der Waals surface area contributed by atoms with E-state index >= 15 is 0 Å².